The number of benzene rings is 1. The predicted molar refractivity (Wildman–Crippen MR) is 82.7 cm³/mol. The van der Waals surface area contributed by atoms with E-state index in [0.717, 1.165) is 24.5 Å². The average Bonchev–Trinajstić information content (AvgIpc) is 2.48. The van der Waals surface area contributed by atoms with Gasteiger partial charge in [0.05, 0.1) is 0 Å². The van der Waals surface area contributed by atoms with Gasteiger partial charge in [0.2, 0.25) is 0 Å². The Morgan fingerprint density at radius 2 is 1.55 bits per heavy atom. The van der Waals surface area contributed by atoms with Gasteiger partial charge >= 0.3 is 0 Å². The first kappa shape index (κ1) is 13.1. The van der Waals surface area contributed by atoms with Gasteiger partial charge in [0, 0.05) is 36.7 Å². The predicted octanol–water partition coefficient (Wildman–Crippen LogP) is 3.77. The molecule has 0 unspecified atom stereocenters. The molecule has 2 heterocycles. The molecule has 3 nitrogen and oxygen atoms in total. The number of hydrogen-bond donors (Lipinski definition) is 0. The van der Waals surface area contributed by atoms with Gasteiger partial charge in [0.25, 0.3) is 0 Å². The summed E-state index contributed by atoms with van der Waals surface area (Å²) in [6, 6.07) is 10.4. The van der Waals surface area contributed by atoms with E-state index in [2.05, 4.69) is 53.0 Å². The molecule has 1 aliphatic heterocycles. The minimum absolute atomic E-state index is 0.494. The molecule has 1 aromatic carbocycles. The van der Waals surface area contributed by atoms with Crippen molar-refractivity contribution in [2.75, 3.05) is 18.0 Å². The van der Waals surface area contributed by atoms with Crippen molar-refractivity contribution in [3.8, 4) is 11.4 Å². The maximum atomic E-state index is 4.29. The highest BCUT2D eigenvalue weighted by molar-refractivity contribution is 5.60. The van der Waals surface area contributed by atoms with Crippen LogP contribution in [0, 0.1) is 5.41 Å². The van der Waals surface area contributed by atoms with Crippen LogP contribution in [0.25, 0.3) is 11.4 Å². The number of hydrogen-bond acceptors (Lipinski definition) is 3. The Bertz CT molecular complexity index is 551. The average molecular weight is 267 g/mol. The van der Waals surface area contributed by atoms with Gasteiger partial charge in [-0.3, -0.25) is 0 Å². The summed E-state index contributed by atoms with van der Waals surface area (Å²) in [4.78, 5) is 11.0. The normalized spacial score (nSPS) is 18.0. The molecule has 0 saturated carbocycles. The summed E-state index contributed by atoms with van der Waals surface area (Å²) >= 11 is 0. The molecule has 0 spiro atoms. The Morgan fingerprint density at radius 1 is 0.950 bits per heavy atom. The lowest BCUT2D eigenvalue weighted by molar-refractivity contribution is 0.280. The lowest BCUT2D eigenvalue weighted by Gasteiger charge is -2.38. The summed E-state index contributed by atoms with van der Waals surface area (Å²) < 4.78 is 0. The molecule has 104 valence electrons. The van der Waals surface area contributed by atoms with Crippen LogP contribution in [0.15, 0.2) is 42.7 Å². The van der Waals surface area contributed by atoms with Gasteiger partial charge in [0.1, 0.15) is 0 Å². The standard InChI is InChI=1S/C17H21N3/c1-17(2)8-12-20(13-9-17)15-6-4-14(5-7-15)16-18-10-3-11-19-16/h3-7,10-11H,8-9,12-13H2,1-2H3. The quantitative estimate of drug-likeness (QED) is 0.829. The highest BCUT2D eigenvalue weighted by Gasteiger charge is 2.25. The highest BCUT2D eigenvalue weighted by Crippen LogP contribution is 2.32. The van der Waals surface area contributed by atoms with Crippen molar-refractivity contribution >= 4 is 5.69 Å². The van der Waals surface area contributed by atoms with Crippen LogP contribution in [0.5, 0.6) is 0 Å². The maximum Gasteiger partial charge on any atom is 0.159 e. The van der Waals surface area contributed by atoms with Crippen molar-refractivity contribution in [2.45, 2.75) is 26.7 Å². The van der Waals surface area contributed by atoms with Crippen LogP contribution in [0.1, 0.15) is 26.7 Å². The van der Waals surface area contributed by atoms with Crippen LogP contribution in [0.4, 0.5) is 5.69 Å². The topological polar surface area (TPSA) is 29.0 Å². The minimum atomic E-state index is 0.494. The Morgan fingerprint density at radius 3 is 2.15 bits per heavy atom. The van der Waals surface area contributed by atoms with Gasteiger partial charge in [-0.25, -0.2) is 9.97 Å². The molecule has 0 N–H and O–H groups in total. The van der Waals surface area contributed by atoms with Crippen molar-refractivity contribution in [2.24, 2.45) is 5.41 Å². The molecule has 1 aliphatic rings. The van der Waals surface area contributed by atoms with Crippen molar-refractivity contribution in [1.29, 1.82) is 0 Å². The second kappa shape index (κ2) is 5.23. The lowest BCUT2D eigenvalue weighted by atomic mass is 9.82. The second-order valence-corrected chi connectivity index (χ2v) is 6.27. The van der Waals surface area contributed by atoms with Crippen LogP contribution >= 0.6 is 0 Å². The SMILES string of the molecule is CC1(C)CCN(c2ccc(-c3ncccn3)cc2)CC1. The summed E-state index contributed by atoms with van der Waals surface area (Å²) in [5.74, 6) is 0.791. The zero-order chi connectivity index (χ0) is 14.0. The molecule has 3 heteroatoms. The summed E-state index contributed by atoms with van der Waals surface area (Å²) in [5.41, 5.74) is 2.88. The molecule has 0 bridgehead atoms. The number of nitrogens with zero attached hydrogens (tertiary/aromatic N) is 3. The van der Waals surface area contributed by atoms with Crippen molar-refractivity contribution in [3.63, 3.8) is 0 Å². The van der Waals surface area contributed by atoms with Crippen LogP contribution in [0.2, 0.25) is 0 Å². The summed E-state index contributed by atoms with van der Waals surface area (Å²) in [7, 11) is 0. The van der Waals surface area contributed by atoms with E-state index in [4.69, 9.17) is 0 Å². The van der Waals surface area contributed by atoms with Gasteiger partial charge in [-0.1, -0.05) is 13.8 Å². The molecule has 0 atom stereocenters. The first-order chi connectivity index (χ1) is 9.64. The van der Waals surface area contributed by atoms with Gasteiger partial charge in [0.15, 0.2) is 5.82 Å². The Hall–Kier alpha value is -1.90. The molecule has 2 aromatic rings. The molecule has 20 heavy (non-hydrogen) atoms. The van der Waals surface area contributed by atoms with Gasteiger partial charge in [-0.2, -0.15) is 0 Å². The summed E-state index contributed by atoms with van der Waals surface area (Å²) in [6.07, 6.45) is 6.08. The van der Waals surface area contributed by atoms with E-state index >= 15 is 0 Å². The highest BCUT2D eigenvalue weighted by atomic mass is 15.1. The van der Waals surface area contributed by atoms with E-state index in [9.17, 15) is 0 Å². The van der Waals surface area contributed by atoms with Crippen molar-refractivity contribution < 1.29 is 0 Å². The molecule has 1 aromatic heterocycles. The smallest absolute Gasteiger partial charge is 0.159 e. The van der Waals surface area contributed by atoms with Crippen LogP contribution in [-0.4, -0.2) is 23.1 Å². The molecular weight excluding hydrogens is 246 g/mol. The zero-order valence-corrected chi connectivity index (χ0v) is 12.2. The zero-order valence-electron chi connectivity index (χ0n) is 12.2. The van der Waals surface area contributed by atoms with Crippen molar-refractivity contribution in [1.82, 2.24) is 9.97 Å². The van der Waals surface area contributed by atoms with E-state index in [1.165, 1.54) is 18.5 Å². The third kappa shape index (κ3) is 2.82. The first-order valence-electron chi connectivity index (χ1n) is 7.26. The monoisotopic (exact) mass is 267 g/mol. The lowest BCUT2D eigenvalue weighted by Crippen LogP contribution is -2.37. The second-order valence-electron chi connectivity index (χ2n) is 6.27. The molecule has 1 saturated heterocycles. The molecule has 0 aliphatic carbocycles. The van der Waals surface area contributed by atoms with Crippen LogP contribution in [-0.2, 0) is 0 Å². The summed E-state index contributed by atoms with van der Waals surface area (Å²) in [6.45, 7) is 7.02. The fourth-order valence-corrected chi connectivity index (χ4v) is 2.64. The number of aromatic nitrogens is 2. The third-order valence-electron chi connectivity index (χ3n) is 4.17. The molecule has 0 amide bonds. The van der Waals surface area contributed by atoms with Crippen LogP contribution < -0.4 is 4.90 Å². The van der Waals surface area contributed by atoms with Gasteiger partial charge in [-0.15, -0.1) is 0 Å². The molecule has 3 rings (SSSR count). The van der Waals surface area contributed by atoms with Crippen molar-refractivity contribution in [3.05, 3.63) is 42.7 Å². The van der Waals surface area contributed by atoms with Gasteiger partial charge in [-0.05, 0) is 48.6 Å². The fraction of sp³-hybridized carbons (Fsp3) is 0.412. The Labute approximate surface area is 120 Å². The third-order valence-corrected chi connectivity index (χ3v) is 4.17. The molecule has 0 radical (unpaired) electrons. The number of piperidine rings is 1. The molecule has 1 fully saturated rings. The van der Waals surface area contributed by atoms with E-state index in [0.29, 0.717) is 5.41 Å². The summed E-state index contributed by atoms with van der Waals surface area (Å²) in [5, 5.41) is 0. The Balaban J connectivity index is 1.74. The number of anilines is 1. The first-order valence-corrected chi connectivity index (χ1v) is 7.26. The minimum Gasteiger partial charge on any atom is -0.371 e. The number of rotatable bonds is 2. The van der Waals surface area contributed by atoms with E-state index in [-0.39, 0.29) is 0 Å². The van der Waals surface area contributed by atoms with Crippen LogP contribution in [0.3, 0.4) is 0 Å². The van der Waals surface area contributed by atoms with E-state index < -0.39 is 0 Å². The maximum absolute atomic E-state index is 4.29. The largest absolute Gasteiger partial charge is 0.371 e. The van der Waals surface area contributed by atoms with E-state index in [1.54, 1.807) is 12.4 Å². The molecular formula is C17H21N3. The van der Waals surface area contributed by atoms with Gasteiger partial charge < -0.3 is 4.90 Å². The fourth-order valence-electron chi connectivity index (χ4n) is 2.64. The van der Waals surface area contributed by atoms with E-state index in [1.807, 2.05) is 6.07 Å². The Kier molecular flexibility index (Phi) is 3.43.